The summed E-state index contributed by atoms with van der Waals surface area (Å²) in [5.74, 6) is 3.20. The lowest BCUT2D eigenvalue weighted by Gasteiger charge is -2.57. The van der Waals surface area contributed by atoms with E-state index in [0.29, 0.717) is 17.4 Å². The molecule has 4 aliphatic carbocycles. The van der Waals surface area contributed by atoms with Gasteiger partial charge in [-0.05, 0) is 68.6 Å². The molecule has 0 spiro atoms. The van der Waals surface area contributed by atoms with Crippen LogP contribution >= 0.6 is 15.9 Å². The smallest absolute Gasteiger partial charge is 0.223 e. The Morgan fingerprint density at radius 2 is 1.68 bits per heavy atom. The van der Waals surface area contributed by atoms with E-state index in [2.05, 4.69) is 22.9 Å². The van der Waals surface area contributed by atoms with Crippen LogP contribution in [-0.2, 0) is 4.79 Å². The number of hydrogen-bond donors (Lipinski definition) is 0. The molecule has 0 aromatic carbocycles. The predicted molar refractivity (Wildman–Crippen MR) is 81.2 cm³/mol. The van der Waals surface area contributed by atoms with E-state index in [0.717, 1.165) is 29.5 Å². The SMILES string of the molecule is CC(CBr)N(C)C(=O)CC12CC3CC(CC(C3)C1)C2. The van der Waals surface area contributed by atoms with Crippen LogP contribution in [0, 0.1) is 23.2 Å². The van der Waals surface area contributed by atoms with Crippen molar-refractivity contribution < 1.29 is 4.79 Å². The minimum Gasteiger partial charge on any atom is -0.342 e. The highest BCUT2D eigenvalue weighted by molar-refractivity contribution is 9.09. The van der Waals surface area contributed by atoms with E-state index >= 15 is 0 Å². The van der Waals surface area contributed by atoms with Crippen molar-refractivity contribution in [3.05, 3.63) is 0 Å². The normalized spacial score (nSPS) is 41.3. The lowest BCUT2D eigenvalue weighted by atomic mass is 9.49. The number of alkyl halides is 1. The van der Waals surface area contributed by atoms with Crippen molar-refractivity contribution in [3.8, 4) is 0 Å². The minimum absolute atomic E-state index is 0.307. The van der Waals surface area contributed by atoms with Gasteiger partial charge in [0.1, 0.15) is 0 Å². The number of rotatable bonds is 4. The molecule has 0 aliphatic heterocycles. The van der Waals surface area contributed by atoms with Crippen LogP contribution in [0.1, 0.15) is 51.9 Å². The van der Waals surface area contributed by atoms with Crippen LogP contribution in [0.25, 0.3) is 0 Å². The van der Waals surface area contributed by atoms with Crippen LogP contribution in [0.5, 0.6) is 0 Å². The summed E-state index contributed by atoms with van der Waals surface area (Å²) < 4.78 is 0. The molecule has 4 saturated carbocycles. The lowest BCUT2D eigenvalue weighted by molar-refractivity contribution is -0.139. The minimum atomic E-state index is 0.307. The first-order chi connectivity index (χ1) is 9.01. The molecule has 0 radical (unpaired) electrons. The van der Waals surface area contributed by atoms with Crippen LogP contribution in [0.3, 0.4) is 0 Å². The molecule has 1 unspecified atom stereocenters. The molecular weight excluding hydrogens is 302 g/mol. The number of halogens is 1. The van der Waals surface area contributed by atoms with E-state index in [1.165, 1.54) is 38.5 Å². The van der Waals surface area contributed by atoms with E-state index in [1.807, 2.05) is 11.9 Å². The van der Waals surface area contributed by atoms with Crippen LogP contribution in [-0.4, -0.2) is 29.2 Å². The second kappa shape index (κ2) is 5.05. The van der Waals surface area contributed by atoms with Gasteiger partial charge in [0.25, 0.3) is 0 Å². The Bertz CT molecular complexity index is 332. The van der Waals surface area contributed by atoms with E-state index in [1.54, 1.807) is 0 Å². The molecular formula is C16H26BrNO. The van der Waals surface area contributed by atoms with Gasteiger partial charge in [-0.25, -0.2) is 0 Å². The maximum atomic E-state index is 12.5. The Morgan fingerprint density at radius 1 is 1.21 bits per heavy atom. The molecule has 3 heteroatoms. The van der Waals surface area contributed by atoms with Crippen molar-refractivity contribution in [1.82, 2.24) is 4.90 Å². The van der Waals surface area contributed by atoms with Crippen LogP contribution in [0.2, 0.25) is 0 Å². The second-order valence-electron chi connectivity index (χ2n) is 7.60. The third kappa shape index (κ3) is 2.59. The summed E-state index contributed by atoms with van der Waals surface area (Å²) in [7, 11) is 1.97. The van der Waals surface area contributed by atoms with Crippen molar-refractivity contribution >= 4 is 21.8 Å². The summed E-state index contributed by atoms with van der Waals surface area (Å²) in [5.41, 5.74) is 0.381. The van der Waals surface area contributed by atoms with Gasteiger partial charge in [0.2, 0.25) is 5.91 Å². The monoisotopic (exact) mass is 327 g/mol. The van der Waals surface area contributed by atoms with Gasteiger partial charge in [-0.1, -0.05) is 15.9 Å². The number of hydrogen-bond acceptors (Lipinski definition) is 1. The number of carbonyl (C=O) groups is 1. The number of amides is 1. The Balaban J connectivity index is 1.67. The summed E-state index contributed by atoms with van der Waals surface area (Å²) in [4.78, 5) is 14.5. The molecule has 1 atom stereocenters. The highest BCUT2D eigenvalue weighted by Gasteiger charge is 2.51. The fourth-order valence-electron chi connectivity index (χ4n) is 5.30. The quantitative estimate of drug-likeness (QED) is 0.718. The number of nitrogens with zero attached hydrogens (tertiary/aromatic N) is 1. The maximum Gasteiger partial charge on any atom is 0.223 e. The molecule has 0 saturated heterocycles. The third-order valence-corrected chi connectivity index (χ3v) is 6.91. The Morgan fingerprint density at radius 3 is 2.11 bits per heavy atom. The molecule has 0 N–H and O–H groups in total. The molecule has 0 aromatic heterocycles. The van der Waals surface area contributed by atoms with Gasteiger partial charge in [-0.15, -0.1) is 0 Å². The van der Waals surface area contributed by atoms with Crippen molar-refractivity contribution in [2.75, 3.05) is 12.4 Å². The predicted octanol–water partition coefficient (Wildman–Crippen LogP) is 3.83. The van der Waals surface area contributed by atoms with Gasteiger partial charge in [0.05, 0.1) is 0 Å². The van der Waals surface area contributed by atoms with E-state index < -0.39 is 0 Å². The Labute approximate surface area is 125 Å². The lowest BCUT2D eigenvalue weighted by Crippen LogP contribution is -2.49. The van der Waals surface area contributed by atoms with Gasteiger partial charge in [-0.2, -0.15) is 0 Å². The second-order valence-corrected chi connectivity index (χ2v) is 8.25. The van der Waals surface area contributed by atoms with Gasteiger partial charge >= 0.3 is 0 Å². The molecule has 4 bridgehead atoms. The number of carbonyl (C=O) groups excluding carboxylic acids is 1. The molecule has 1 amide bonds. The fourth-order valence-corrected chi connectivity index (χ4v) is 5.74. The van der Waals surface area contributed by atoms with Gasteiger partial charge in [0.15, 0.2) is 0 Å². The zero-order valence-corrected chi connectivity index (χ0v) is 13.8. The van der Waals surface area contributed by atoms with E-state index in [4.69, 9.17) is 0 Å². The van der Waals surface area contributed by atoms with Crippen LogP contribution in [0.15, 0.2) is 0 Å². The zero-order chi connectivity index (χ0) is 13.6. The maximum absolute atomic E-state index is 12.5. The summed E-state index contributed by atoms with van der Waals surface area (Å²) in [6, 6.07) is 0.307. The first-order valence-electron chi connectivity index (χ1n) is 7.83. The molecule has 4 aliphatic rings. The fraction of sp³-hybridized carbons (Fsp3) is 0.938. The first kappa shape index (κ1) is 13.9. The van der Waals surface area contributed by atoms with Gasteiger partial charge in [0, 0.05) is 24.8 Å². The summed E-state index contributed by atoms with van der Waals surface area (Å²) >= 11 is 3.48. The Kier molecular flexibility index (Phi) is 3.70. The van der Waals surface area contributed by atoms with Crippen molar-refractivity contribution in [3.63, 3.8) is 0 Å². The van der Waals surface area contributed by atoms with E-state index in [-0.39, 0.29) is 0 Å². The first-order valence-corrected chi connectivity index (χ1v) is 8.95. The average molecular weight is 328 g/mol. The summed E-state index contributed by atoms with van der Waals surface area (Å²) in [6.45, 7) is 2.12. The van der Waals surface area contributed by atoms with E-state index in [9.17, 15) is 4.79 Å². The third-order valence-electron chi connectivity index (χ3n) is 5.97. The summed E-state index contributed by atoms with van der Waals surface area (Å²) in [6.07, 6.45) is 9.19. The zero-order valence-electron chi connectivity index (χ0n) is 12.2. The molecule has 0 heterocycles. The van der Waals surface area contributed by atoms with Crippen LogP contribution in [0.4, 0.5) is 0 Å². The largest absolute Gasteiger partial charge is 0.342 e. The molecule has 4 fully saturated rings. The average Bonchev–Trinajstić information content (AvgIpc) is 2.34. The molecule has 0 aromatic rings. The molecule has 108 valence electrons. The van der Waals surface area contributed by atoms with Crippen LogP contribution < -0.4 is 0 Å². The molecule has 2 nitrogen and oxygen atoms in total. The van der Waals surface area contributed by atoms with Gasteiger partial charge in [-0.3, -0.25) is 4.79 Å². The summed E-state index contributed by atoms with van der Waals surface area (Å²) in [5, 5.41) is 0.871. The van der Waals surface area contributed by atoms with Crippen molar-refractivity contribution in [1.29, 1.82) is 0 Å². The van der Waals surface area contributed by atoms with Crippen molar-refractivity contribution in [2.24, 2.45) is 23.2 Å². The Hall–Kier alpha value is -0.0500. The standard InChI is InChI=1S/C16H26BrNO/c1-11(10-17)18(2)15(19)9-16-6-12-3-13(7-16)5-14(4-12)8-16/h11-14H,3-10H2,1-2H3. The highest BCUT2D eigenvalue weighted by Crippen LogP contribution is 2.61. The topological polar surface area (TPSA) is 20.3 Å². The van der Waals surface area contributed by atoms with Crippen molar-refractivity contribution in [2.45, 2.75) is 57.9 Å². The van der Waals surface area contributed by atoms with Gasteiger partial charge < -0.3 is 4.90 Å². The molecule has 4 rings (SSSR count). The highest BCUT2D eigenvalue weighted by atomic mass is 79.9. The molecule has 19 heavy (non-hydrogen) atoms.